The first-order valence-electron chi connectivity index (χ1n) is 12.2. The van der Waals surface area contributed by atoms with Gasteiger partial charge in [-0.2, -0.15) is 0 Å². The van der Waals surface area contributed by atoms with Crippen LogP contribution in [0.4, 0.5) is 0 Å². The van der Waals surface area contributed by atoms with E-state index in [0.29, 0.717) is 23.7 Å². The van der Waals surface area contributed by atoms with E-state index in [2.05, 4.69) is 26.8 Å². The molecular formula is C26H40O4. The van der Waals surface area contributed by atoms with Crippen LogP contribution in [0.2, 0.25) is 0 Å². The molecule has 4 rings (SSSR count). The van der Waals surface area contributed by atoms with Gasteiger partial charge >= 0.3 is 11.9 Å². The molecule has 0 spiro atoms. The summed E-state index contributed by atoms with van der Waals surface area (Å²) in [6.45, 7) is 8.84. The van der Waals surface area contributed by atoms with Crippen LogP contribution in [0.3, 0.4) is 0 Å². The lowest BCUT2D eigenvalue weighted by Crippen LogP contribution is -2.51. The van der Waals surface area contributed by atoms with E-state index in [4.69, 9.17) is 9.84 Å². The summed E-state index contributed by atoms with van der Waals surface area (Å²) < 4.78 is 5.57. The first-order chi connectivity index (χ1) is 14.1. The number of carbonyl (C=O) groups is 2. The Morgan fingerprint density at radius 3 is 2.63 bits per heavy atom. The van der Waals surface area contributed by atoms with Gasteiger partial charge in [-0.3, -0.25) is 9.59 Å². The molecule has 0 aromatic heterocycles. The van der Waals surface area contributed by atoms with E-state index in [-0.39, 0.29) is 17.5 Å². The fourth-order valence-electron chi connectivity index (χ4n) is 8.49. The molecule has 1 N–H and O–H groups in total. The molecular weight excluding hydrogens is 376 g/mol. The van der Waals surface area contributed by atoms with Crippen LogP contribution < -0.4 is 0 Å². The number of fused-ring (bicyclic) bond motifs is 5. The molecule has 0 aliphatic heterocycles. The van der Waals surface area contributed by atoms with Crippen LogP contribution in [0.25, 0.3) is 0 Å². The third-order valence-electron chi connectivity index (χ3n) is 9.97. The second-order valence-corrected chi connectivity index (χ2v) is 11.4. The Kier molecular flexibility index (Phi) is 5.83. The number of allylic oxidation sites excluding steroid dienone is 1. The number of hydrogen-bond donors (Lipinski definition) is 1. The lowest BCUT2D eigenvalue weighted by molar-refractivity contribution is -0.148. The lowest BCUT2D eigenvalue weighted by atomic mass is 9.47. The minimum atomic E-state index is -0.660. The highest BCUT2D eigenvalue weighted by molar-refractivity contribution is 5.66. The van der Waals surface area contributed by atoms with E-state index in [1.54, 1.807) is 5.57 Å². The van der Waals surface area contributed by atoms with Crippen molar-refractivity contribution in [1.29, 1.82) is 0 Å². The average Bonchev–Trinajstić information content (AvgIpc) is 3.03. The Labute approximate surface area is 181 Å². The predicted octanol–water partition coefficient (Wildman–Crippen LogP) is 6.00. The molecule has 0 aromatic rings. The molecule has 0 unspecified atom stereocenters. The fraction of sp³-hybridized carbons (Fsp3) is 0.846. The Bertz CT molecular complexity index is 727. The summed E-state index contributed by atoms with van der Waals surface area (Å²) in [6, 6.07) is 0. The number of carboxylic acid groups (broad SMARTS) is 1. The molecule has 3 fully saturated rings. The van der Waals surface area contributed by atoms with Crippen molar-refractivity contribution in [1.82, 2.24) is 0 Å². The molecule has 8 atom stereocenters. The third-order valence-corrected chi connectivity index (χ3v) is 9.97. The van der Waals surface area contributed by atoms with E-state index in [1.165, 1.54) is 39.0 Å². The smallest absolute Gasteiger partial charge is 0.303 e. The zero-order chi connectivity index (χ0) is 21.7. The number of rotatable bonds is 5. The molecule has 0 aromatic carbocycles. The first-order valence-corrected chi connectivity index (χ1v) is 12.2. The Hall–Kier alpha value is -1.32. The van der Waals surface area contributed by atoms with Crippen molar-refractivity contribution in [3.63, 3.8) is 0 Å². The van der Waals surface area contributed by atoms with Crippen LogP contribution in [-0.2, 0) is 14.3 Å². The van der Waals surface area contributed by atoms with Gasteiger partial charge in [0.2, 0.25) is 0 Å². The maximum Gasteiger partial charge on any atom is 0.303 e. The Morgan fingerprint density at radius 2 is 1.93 bits per heavy atom. The summed E-state index contributed by atoms with van der Waals surface area (Å²) in [7, 11) is 0. The largest absolute Gasteiger partial charge is 0.481 e. The van der Waals surface area contributed by atoms with Crippen molar-refractivity contribution in [3.05, 3.63) is 11.6 Å². The predicted molar refractivity (Wildman–Crippen MR) is 117 cm³/mol. The number of hydrogen-bond acceptors (Lipinski definition) is 3. The van der Waals surface area contributed by atoms with Gasteiger partial charge in [0.15, 0.2) is 0 Å². The highest BCUT2D eigenvalue weighted by Gasteiger charge is 2.59. The third kappa shape index (κ3) is 3.62. The topological polar surface area (TPSA) is 63.6 Å². The summed E-state index contributed by atoms with van der Waals surface area (Å²) in [4.78, 5) is 22.5. The van der Waals surface area contributed by atoms with Crippen molar-refractivity contribution in [2.45, 2.75) is 98.0 Å². The van der Waals surface area contributed by atoms with E-state index in [0.717, 1.165) is 43.4 Å². The van der Waals surface area contributed by atoms with Gasteiger partial charge in [-0.1, -0.05) is 32.4 Å². The number of aliphatic carboxylic acids is 1. The molecule has 4 nitrogen and oxygen atoms in total. The van der Waals surface area contributed by atoms with Gasteiger partial charge < -0.3 is 9.84 Å². The van der Waals surface area contributed by atoms with Gasteiger partial charge in [0.05, 0.1) is 0 Å². The van der Waals surface area contributed by atoms with Gasteiger partial charge in [0.25, 0.3) is 0 Å². The van der Waals surface area contributed by atoms with Gasteiger partial charge in [-0.15, -0.1) is 0 Å². The molecule has 0 radical (unpaired) electrons. The summed E-state index contributed by atoms with van der Waals surface area (Å²) >= 11 is 0. The molecule has 4 heteroatoms. The van der Waals surface area contributed by atoms with Crippen molar-refractivity contribution in [2.75, 3.05) is 0 Å². The zero-order valence-corrected chi connectivity index (χ0v) is 19.3. The van der Waals surface area contributed by atoms with Gasteiger partial charge in [0, 0.05) is 19.8 Å². The molecule has 4 aliphatic carbocycles. The minimum absolute atomic E-state index is 0.0678. The van der Waals surface area contributed by atoms with E-state index in [1.807, 2.05) is 0 Å². The lowest BCUT2D eigenvalue weighted by Gasteiger charge is -2.58. The molecule has 0 amide bonds. The van der Waals surface area contributed by atoms with Crippen molar-refractivity contribution in [2.24, 2.45) is 40.4 Å². The number of carbonyl (C=O) groups excluding carboxylic acids is 1. The monoisotopic (exact) mass is 416 g/mol. The summed E-state index contributed by atoms with van der Waals surface area (Å²) in [6.07, 6.45) is 13.1. The zero-order valence-electron chi connectivity index (χ0n) is 19.3. The molecule has 0 bridgehead atoms. The molecule has 0 heterocycles. The van der Waals surface area contributed by atoms with Crippen LogP contribution in [-0.4, -0.2) is 23.1 Å². The van der Waals surface area contributed by atoms with Crippen LogP contribution in [0.15, 0.2) is 11.6 Å². The Balaban J connectivity index is 1.51. The van der Waals surface area contributed by atoms with Crippen molar-refractivity contribution >= 4 is 11.9 Å². The normalized spacial score (nSPS) is 43.6. The van der Waals surface area contributed by atoms with E-state index >= 15 is 0 Å². The van der Waals surface area contributed by atoms with Crippen molar-refractivity contribution < 1.29 is 19.4 Å². The van der Waals surface area contributed by atoms with Gasteiger partial charge in [-0.05, 0) is 91.8 Å². The highest BCUT2D eigenvalue weighted by atomic mass is 16.5. The second-order valence-electron chi connectivity index (χ2n) is 11.4. The minimum Gasteiger partial charge on any atom is -0.481 e. The Morgan fingerprint density at radius 1 is 1.17 bits per heavy atom. The average molecular weight is 417 g/mol. The fourth-order valence-corrected chi connectivity index (χ4v) is 8.49. The molecule has 3 saturated carbocycles. The van der Waals surface area contributed by atoms with Crippen LogP contribution >= 0.6 is 0 Å². The van der Waals surface area contributed by atoms with Crippen LogP contribution in [0.1, 0.15) is 91.9 Å². The molecule has 0 saturated heterocycles. The van der Waals surface area contributed by atoms with Gasteiger partial charge in [-0.25, -0.2) is 0 Å². The number of carboxylic acids is 1. The molecule has 4 aliphatic rings. The first kappa shape index (κ1) is 21.9. The van der Waals surface area contributed by atoms with E-state index in [9.17, 15) is 9.59 Å². The van der Waals surface area contributed by atoms with E-state index < -0.39 is 5.97 Å². The standard InChI is InChI=1S/C26H40O4/c1-16(5-10-24(28)29)21-8-9-22-20-7-6-18-15-19(30-17(2)27)11-13-25(18,3)23(20)12-14-26(21,22)4/h6,16,19-23H,5,7-15H2,1-4H3,(H,28,29)/t16-,19-,20+,21-,22+,23+,25+,26-/m1/s1. The quantitative estimate of drug-likeness (QED) is 0.441. The summed E-state index contributed by atoms with van der Waals surface area (Å²) in [5.41, 5.74) is 2.19. The SMILES string of the molecule is CC(=O)O[C@@H]1CC[C@@]2(C)C(=CC[C@H]3[C@@H]4CC[C@H]([C@H](C)CCC(=O)O)[C@@]4(C)CC[C@@H]32)C1. The maximum atomic E-state index is 11.4. The van der Waals surface area contributed by atoms with Crippen LogP contribution in [0.5, 0.6) is 0 Å². The van der Waals surface area contributed by atoms with Crippen molar-refractivity contribution in [3.8, 4) is 0 Å². The van der Waals surface area contributed by atoms with Gasteiger partial charge in [0.1, 0.15) is 6.10 Å². The van der Waals surface area contributed by atoms with Crippen LogP contribution in [0, 0.1) is 40.4 Å². The maximum absolute atomic E-state index is 11.4. The summed E-state index contributed by atoms with van der Waals surface area (Å²) in [5.74, 6) is 2.64. The highest BCUT2D eigenvalue weighted by Crippen LogP contribution is 2.67. The second kappa shape index (κ2) is 7.98. The number of ether oxygens (including phenoxy) is 1. The summed E-state index contributed by atoms with van der Waals surface area (Å²) in [5, 5.41) is 9.13. The molecule has 168 valence electrons. The molecule has 30 heavy (non-hydrogen) atoms. The number of esters is 1.